The van der Waals surface area contributed by atoms with Crippen LogP contribution in [0, 0.1) is 0 Å². The molecule has 0 bridgehead atoms. The maximum atomic E-state index is 13.2. The quantitative estimate of drug-likeness (QED) is 0.314. The average molecular weight is 566 g/mol. The molecular weight excluding hydrogens is 545 g/mol. The summed E-state index contributed by atoms with van der Waals surface area (Å²) in [4.78, 5) is 4.41. The molecule has 2 nitrogen and oxygen atoms in total. The molecule has 0 radical (unpaired) electrons. The number of hydrogen-bond donors (Lipinski definition) is 0. The number of alkyl halides is 3. The van der Waals surface area contributed by atoms with E-state index in [-0.39, 0.29) is 6.17 Å². The number of benzene rings is 3. The van der Waals surface area contributed by atoms with Gasteiger partial charge in [-0.05, 0) is 85.6 Å². The van der Waals surface area contributed by atoms with E-state index in [9.17, 15) is 13.2 Å². The molecule has 1 unspecified atom stereocenters. The van der Waals surface area contributed by atoms with Crippen LogP contribution < -0.4 is 9.80 Å². The summed E-state index contributed by atoms with van der Waals surface area (Å²) in [7, 11) is 0. The second kappa shape index (κ2) is 8.94. The molecule has 166 valence electrons. The monoisotopic (exact) mass is 564 g/mol. The van der Waals surface area contributed by atoms with Crippen LogP contribution in [0.15, 0.2) is 93.0 Å². The van der Waals surface area contributed by atoms with Gasteiger partial charge in [-0.2, -0.15) is 13.2 Å². The van der Waals surface area contributed by atoms with Gasteiger partial charge in [0.05, 0.1) is 5.56 Å². The van der Waals surface area contributed by atoms with Crippen molar-refractivity contribution in [2.45, 2.75) is 26.2 Å². The molecule has 1 aliphatic rings. The maximum absolute atomic E-state index is 13.2. The van der Waals surface area contributed by atoms with Crippen molar-refractivity contribution in [1.82, 2.24) is 0 Å². The van der Waals surface area contributed by atoms with Gasteiger partial charge in [0.2, 0.25) is 0 Å². The third-order valence-electron chi connectivity index (χ3n) is 5.73. The fraction of sp³-hybridized carbons (Fsp3) is 0.200. The lowest BCUT2D eigenvalue weighted by molar-refractivity contribution is -0.137. The standard InChI is InChI=1S/C25H21Br2F3N2/c1-16-15-31(22-11-7-20(26)8-12-22)24(18-3-5-19(6-4-18)25(28,29)30)32(17(16)2)23-13-9-21(27)10-14-23/h3-14,24H,15H2,1-2H3. The zero-order valence-corrected chi connectivity index (χ0v) is 20.7. The summed E-state index contributed by atoms with van der Waals surface area (Å²) < 4.78 is 41.5. The van der Waals surface area contributed by atoms with Gasteiger partial charge in [-0.25, -0.2) is 0 Å². The van der Waals surface area contributed by atoms with Crippen molar-refractivity contribution in [2.75, 3.05) is 16.3 Å². The molecule has 3 aromatic rings. The highest BCUT2D eigenvalue weighted by atomic mass is 79.9. The van der Waals surface area contributed by atoms with Gasteiger partial charge in [0.1, 0.15) is 6.17 Å². The molecule has 0 saturated carbocycles. The van der Waals surface area contributed by atoms with E-state index in [0.717, 1.165) is 43.7 Å². The van der Waals surface area contributed by atoms with Crippen LogP contribution in [-0.2, 0) is 6.18 Å². The second-order valence-electron chi connectivity index (χ2n) is 7.81. The van der Waals surface area contributed by atoms with E-state index >= 15 is 0 Å². The Bertz CT molecular complexity index is 1120. The number of hydrogen-bond acceptors (Lipinski definition) is 2. The van der Waals surface area contributed by atoms with Gasteiger partial charge < -0.3 is 9.80 Å². The zero-order valence-electron chi connectivity index (χ0n) is 17.5. The molecule has 32 heavy (non-hydrogen) atoms. The predicted molar refractivity (Wildman–Crippen MR) is 131 cm³/mol. The van der Waals surface area contributed by atoms with Gasteiger partial charge in [-0.15, -0.1) is 0 Å². The molecule has 1 aliphatic heterocycles. The Morgan fingerprint density at radius 1 is 0.750 bits per heavy atom. The summed E-state index contributed by atoms with van der Waals surface area (Å²) in [5, 5.41) is 0. The lowest BCUT2D eigenvalue weighted by atomic mass is 10.00. The molecule has 4 rings (SSSR count). The third-order valence-corrected chi connectivity index (χ3v) is 6.78. The van der Waals surface area contributed by atoms with Crippen molar-refractivity contribution < 1.29 is 13.2 Å². The van der Waals surface area contributed by atoms with Crippen molar-refractivity contribution >= 4 is 43.2 Å². The van der Waals surface area contributed by atoms with Crippen molar-refractivity contribution in [3.63, 3.8) is 0 Å². The van der Waals surface area contributed by atoms with Crippen LogP contribution in [0.5, 0.6) is 0 Å². The molecule has 3 aromatic carbocycles. The zero-order chi connectivity index (χ0) is 23.0. The van der Waals surface area contributed by atoms with E-state index in [1.807, 2.05) is 48.5 Å². The first-order valence-electron chi connectivity index (χ1n) is 10.1. The number of rotatable bonds is 3. The summed E-state index contributed by atoms with van der Waals surface area (Å²) in [6, 6.07) is 21.5. The molecule has 1 atom stereocenters. The highest BCUT2D eigenvalue weighted by Gasteiger charge is 2.35. The Morgan fingerprint density at radius 3 is 1.75 bits per heavy atom. The molecule has 0 spiro atoms. The molecule has 0 saturated heterocycles. The molecule has 1 heterocycles. The van der Waals surface area contributed by atoms with Crippen LogP contribution in [0.2, 0.25) is 0 Å². The van der Waals surface area contributed by atoms with Gasteiger partial charge in [0, 0.05) is 32.6 Å². The van der Waals surface area contributed by atoms with Crippen LogP contribution in [0.25, 0.3) is 0 Å². The molecule has 0 N–H and O–H groups in total. The normalized spacial score (nSPS) is 17.2. The Hall–Kier alpha value is -2.25. The Kier molecular flexibility index (Phi) is 6.41. The number of halogens is 5. The fourth-order valence-corrected chi connectivity index (χ4v) is 4.49. The first kappa shape index (κ1) is 22.9. The molecule has 0 amide bonds. The minimum atomic E-state index is -4.37. The lowest BCUT2D eigenvalue weighted by Gasteiger charge is -2.47. The fourth-order valence-electron chi connectivity index (χ4n) is 3.96. The maximum Gasteiger partial charge on any atom is 0.416 e. The second-order valence-corrected chi connectivity index (χ2v) is 9.64. The van der Waals surface area contributed by atoms with Crippen molar-refractivity contribution in [3.8, 4) is 0 Å². The van der Waals surface area contributed by atoms with Gasteiger partial charge >= 0.3 is 6.18 Å². The number of anilines is 2. The Labute approximate surface area is 202 Å². The van der Waals surface area contributed by atoms with Crippen molar-refractivity contribution in [2.24, 2.45) is 0 Å². The summed E-state index contributed by atoms with van der Waals surface area (Å²) in [6.45, 7) is 4.83. The third kappa shape index (κ3) is 4.59. The summed E-state index contributed by atoms with van der Waals surface area (Å²) >= 11 is 6.97. The first-order valence-corrected chi connectivity index (χ1v) is 11.6. The summed E-state index contributed by atoms with van der Waals surface area (Å²) in [5.74, 6) is 0. The highest BCUT2D eigenvalue weighted by molar-refractivity contribution is 9.10. The van der Waals surface area contributed by atoms with E-state index in [2.05, 4.69) is 55.5 Å². The van der Waals surface area contributed by atoms with Gasteiger partial charge in [0.15, 0.2) is 0 Å². The van der Waals surface area contributed by atoms with Gasteiger partial charge in [0.25, 0.3) is 0 Å². The SMILES string of the molecule is CC1=C(C)N(c2ccc(Br)cc2)C(c2ccc(C(F)(F)F)cc2)N(c2ccc(Br)cc2)C1. The highest BCUT2D eigenvalue weighted by Crippen LogP contribution is 2.42. The van der Waals surface area contributed by atoms with Gasteiger partial charge in [-0.1, -0.05) is 44.0 Å². The molecular formula is C25H21Br2F3N2. The smallest absolute Gasteiger partial charge is 0.343 e. The number of allylic oxidation sites excluding steroid dienone is 1. The topological polar surface area (TPSA) is 6.48 Å². The van der Waals surface area contributed by atoms with E-state index < -0.39 is 11.7 Å². The van der Waals surface area contributed by atoms with Crippen LogP contribution >= 0.6 is 31.9 Å². The lowest BCUT2D eigenvalue weighted by Crippen LogP contribution is -2.46. The predicted octanol–water partition coefficient (Wildman–Crippen LogP) is 8.55. The molecule has 7 heteroatoms. The van der Waals surface area contributed by atoms with Crippen LogP contribution in [-0.4, -0.2) is 6.54 Å². The van der Waals surface area contributed by atoms with E-state index in [1.54, 1.807) is 12.1 Å². The molecule has 0 fully saturated rings. The molecule has 0 aliphatic carbocycles. The molecule has 0 aromatic heterocycles. The van der Waals surface area contributed by atoms with Crippen LogP contribution in [0.1, 0.15) is 31.1 Å². The number of nitrogens with zero attached hydrogens (tertiary/aromatic N) is 2. The Balaban J connectivity index is 1.88. The first-order chi connectivity index (χ1) is 15.1. The van der Waals surface area contributed by atoms with Crippen LogP contribution in [0.3, 0.4) is 0 Å². The average Bonchev–Trinajstić information content (AvgIpc) is 2.76. The van der Waals surface area contributed by atoms with Crippen molar-refractivity contribution in [1.29, 1.82) is 0 Å². The minimum Gasteiger partial charge on any atom is -0.343 e. The van der Waals surface area contributed by atoms with Crippen LogP contribution in [0.4, 0.5) is 24.5 Å². The summed E-state index contributed by atoms with van der Waals surface area (Å²) in [5.41, 5.74) is 4.38. The summed E-state index contributed by atoms with van der Waals surface area (Å²) in [6.07, 6.45) is -4.67. The minimum absolute atomic E-state index is 0.302. The van der Waals surface area contributed by atoms with E-state index in [4.69, 9.17) is 0 Å². The van der Waals surface area contributed by atoms with Crippen molar-refractivity contribution in [3.05, 3.63) is 104 Å². The van der Waals surface area contributed by atoms with E-state index in [1.165, 1.54) is 5.57 Å². The van der Waals surface area contributed by atoms with Gasteiger partial charge in [-0.3, -0.25) is 0 Å². The largest absolute Gasteiger partial charge is 0.416 e. The Morgan fingerprint density at radius 2 is 1.25 bits per heavy atom. The van der Waals surface area contributed by atoms with E-state index in [0.29, 0.717) is 6.54 Å².